The van der Waals surface area contributed by atoms with Crippen LogP contribution in [0.2, 0.25) is 0 Å². The van der Waals surface area contributed by atoms with E-state index < -0.39 is 11.8 Å². The van der Waals surface area contributed by atoms with Gasteiger partial charge in [0.2, 0.25) is 0 Å². The lowest BCUT2D eigenvalue weighted by atomic mass is 9.99. The normalized spacial score (nSPS) is 21.5. The van der Waals surface area contributed by atoms with Crippen molar-refractivity contribution in [3.05, 3.63) is 35.1 Å². The van der Waals surface area contributed by atoms with Gasteiger partial charge in [-0.15, -0.1) is 0 Å². The third kappa shape index (κ3) is 4.02. The van der Waals surface area contributed by atoms with Crippen LogP contribution in [0, 0.1) is 11.7 Å². The second kappa shape index (κ2) is 7.52. The number of rotatable bonds is 6. The lowest BCUT2D eigenvalue weighted by Gasteiger charge is -2.17. The molecule has 4 nitrogen and oxygen atoms in total. The molecule has 1 aromatic carbocycles. The zero-order chi connectivity index (χ0) is 15.2. The van der Waals surface area contributed by atoms with Crippen LogP contribution in [0.5, 0.6) is 0 Å². The van der Waals surface area contributed by atoms with E-state index in [2.05, 4.69) is 17.0 Å². The van der Waals surface area contributed by atoms with Gasteiger partial charge in [0, 0.05) is 19.7 Å². The van der Waals surface area contributed by atoms with E-state index in [1.165, 1.54) is 19.2 Å². The van der Waals surface area contributed by atoms with Crippen LogP contribution >= 0.6 is 0 Å². The Morgan fingerprint density at radius 2 is 2.33 bits per heavy atom. The molecule has 1 aromatic rings. The van der Waals surface area contributed by atoms with Gasteiger partial charge in [0.1, 0.15) is 5.82 Å². The lowest BCUT2D eigenvalue weighted by Crippen LogP contribution is -2.28. The molecule has 0 saturated carbocycles. The molecule has 0 amide bonds. The number of methoxy groups -OCH3 is 1. The molecule has 2 unspecified atom stereocenters. The van der Waals surface area contributed by atoms with Crippen molar-refractivity contribution in [2.75, 3.05) is 20.3 Å². The number of esters is 1. The van der Waals surface area contributed by atoms with Gasteiger partial charge in [-0.2, -0.15) is 0 Å². The number of carbonyl (C=O) groups excluding carboxylic acids is 1. The molecule has 0 spiro atoms. The first kappa shape index (κ1) is 15.9. The minimum absolute atomic E-state index is 0.0310. The van der Waals surface area contributed by atoms with Crippen molar-refractivity contribution in [1.82, 2.24) is 5.32 Å². The largest absolute Gasteiger partial charge is 0.465 e. The van der Waals surface area contributed by atoms with E-state index in [1.807, 2.05) is 0 Å². The summed E-state index contributed by atoms with van der Waals surface area (Å²) in [7, 11) is 1.24. The highest BCUT2D eigenvalue weighted by molar-refractivity contribution is 5.89. The van der Waals surface area contributed by atoms with Gasteiger partial charge in [-0.25, -0.2) is 9.18 Å². The van der Waals surface area contributed by atoms with Crippen LogP contribution in [0.3, 0.4) is 0 Å². The van der Waals surface area contributed by atoms with Crippen LogP contribution in [-0.2, 0) is 16.0 Å². The number of nitrogens with one attached hydrogen (secondary N) is 1. The van der Waals surface area contributed by atoms with E-state index in [-0.39, 0.29) is 5.56 Å². The van der Waals surface area contributed by atoms with Gasteiger partial charge in [0.15, 0.2) is 0 Å². The molecule has 0 aliphatic carbocycles. The van der Waals surface area contributed by atoms with Gasteiger partial charge in [0.25, 0.3) is 0 Å². The van der Waals surface area contributed by atoms with Gasteiger partial charge < -0.3 is 14.8 Å². The molecule has 1 aliphatic rings. The monoisotopic (exact) mass is 295 g/mol. The molecule has 1 N–H and O–H groups in total. The second-order valence-electron chi connectivity index (χ2n) is 5.30. The first-order valence-electron chi connectivity index (χ1n) is 7.34. The summed E-state index contributed by atoms with van der Waals surface area (Å²) in [5, 5.41) is 3.33. The summed E-state index contributed by atoms with van der Waals surface area (Å²) in [6, 6.07) is 4.58. The molecule has 1 saturated heterocycles. The Morgan fingerprint density at radius 3 is 3.00 bits per heavy atom. The predicted octanol–water partition coefficient (Wildman–Crippen LogP) is 2.52. The molecule has 2 rings (SSSR count). The van der Waals surface area contributed by atoms with Crippen molar-refractivity contribution in [3.63, 3.8) is 0 Å². The molecule has 1 aliphatic heterocycles. The van der Waals surface area contributed by atoms with E-state index in [0.717, 1.165) is 31.6 Å². The maximum Gasteiger partial charge on any atom is 0.340 e. The van der Waals surface area contributed by atoms with Gasteiger partial charge in [0.05, 0.1) is 18.8 Å². The second-order valence-corrected chi connectivity index (χ2v) is 5.30. The number of ether oxygens (including phenoxy) is 2. The summed E-state index contributed by atoms with van der Waals surface area (Å²) >= 11 is 0. The van der Waals surface area contributed by atoms with Crippen molar-refractivity contribution >= 4 is 5.97 Å². The molecule has 116 valence electrons. The van der Waals surface area contributed by atoms with Gasteiger partial charge in [-0.3, -0.25) is 0 Å². The highest BCUT2D eigenvalue weighted by atomic mass is 19.1. The highest BCUT2D eigenvalue weighted by Gasteiger charge is 2.25. The third-order valence-corrected chi connectivity index (χ3v) is 3.92. The van der Waals surface area contributed by atoms with Crippen LogP contribution < -0.4 is 5.32 Å². The molecule has 2 atom stereocenters. The van der Waals surface area contributed by atoms with Crippen molar-refractivity contribution in [3.8, 4) is 0 Å². The summed E-state index contributed by atoms with van der Waals surface area (Å²) in [5.74, 6) is -0.674. The molecule has 21 heavy (non-hydrogen) atoms. The summed E-state index contributed by atoms with van der Waals surface area (Å²) in [6.07, 6.45) is 2.42. The van der Waals surface area contributed by atoms with Crippen LogP contribution in [0.4, 0.5) is 4.39 Å². The molecule has 5 heteroatoms. The first-order chi connectivity index (χ1) is 10.2. The zero-order valence-corrected chi connectivity index (χ0v) is 12.5. The Balaban J connectivity index is 1.86. The van der Waals surface area contributed by atoms with Crippen LogP contribution in [0.15, 0.2) is 18.2 Å². The smallest absolute Gasteiger partial charge is 0.340 e. The zero-order valence-electron chi connectivity index (χ0n) is 12.5. The summed E-state index contributed by atoms with van der Waals surface area (Å²) in [4.78, 5) is 11.3. The van der Waals surface area contributed by atoms with Crippen molar-refractivity contribution in [1.29, 1.82) is 0 Å². The minimum atomic E-state index is -0.652. The Labute approximate surface area is 124 Å². The van der Waals surface area contributed by atoms with Gasteiger partial charge >= 0.3 is 5.97 Å². The molecule has 0 radical (unpaired) electrons. The molecule has 0 bridgehead atoms. The molecular formula is C16H22FNO3. The molecule has 0 aromatic heterocycles. The van der Waals surface area contributed by atoms with Crippen molar-refractivity contribution in [2.45, 2.75) is 32.4 Å². The van der Waals surface area contributed by atoms with E-state index in [0.29, 0.717) is 18.6 Å². The maximum absolute atomic E-state index is 13.8. The Kier molecular flexibility index (Phi) is 5.70. The van der Waals surface area contributed by atoms with Gasteiger partial charge in [-0.1, -0.05) is 13.0 Å². The fraction of sp³-hybridized carbons (Fsp3) is 0.562. The topological polar surface area (TPSA) is 47.6 Å². The van der Waals surface area contributed by atoms with Crippen LogP contribution in [0.25, 0.3) is 0 Å². The Hall–Kier alpha value is -1.46. The van der Waals surface area contributed by atoms with E-state index >= 15 is 0 Å². The molecular weight excluding hydrogens is 273 g/mol. The number of carbonyl (C=O) groups is 1. The summed E-state index contributed by atoms with van der Waals surface area (Å²) < 4.78 is 23.9. The lowest BCUT2D eigenvalue weighted by molar-refractivity contribution is 0.0595. The minimum Gasteiger partial charge on any atom is -0.465 e. The van der Waals surface area contributed by atoms with Crippen molar-refractivity contribution < 1.29 is 18.7 Å². The van der Waals surface area contributed by atoms with E-state index in [1.54, 1.807) is 6.07 Å². The van der Waals surface area contributed by atoms with Crippen LogP contribution in [0.1, 0.15) is 35.7 Å². The van der Waals surface area contributed by atoms with E-state index in [9.17, 15) is 9.18 Å². The standard InChI is InChI=1S/C16H22FNO3/c1-3-15-12(6-7-21-15)10-18-9-11-4-5-13(14(17)8-11)16(19)20-2/h4-5,8,12,15,18H,3,6-7,9-10H2,1-2H3. The third-order valence-electron chi connectivity index (χ3n) is 3.92. The summed E-state index contributed by atoms with van der Waals surface area (Å²) in [6.45, 7) is 4.39. The van der Waals surface area contributed by atoms with Crippen LogP contribution in [-0.4, -0.2) is 32.3 Å². The Bertz CT molecular complexity index is 492. The average molecular weight is 295 g/mol. The quantitative estimate of drug-likeness (QED) is 0.819. The highest BCUT2D eigenvalue weighted by Crippen LogP contribution is 2.22. The number of hydrogen-bond acceptors (Lipinski definition) is 4. The molecule has 1 fully saturated rings. The SMILES string of the molecule is CCC1OCCC1CNCc1ccc(C(=O)OC)c(F)c1. The fourth-order valence-corrected chi connectivity index (χ4v) is 2.72. The van der Waals surface area contributed by atoms with Gasteiger partial charge in [-0.05, 0) is 36.5 Å². The van der Waals surface area contributed by atoms with E-state index in [4.69, 9.17) is 4.74 Å². The fourth-order valence-electron chi connectivity index (χ4n) is 2.72. The number of halogens is 1. The van der Waals surface area contributed by atoms with Crippen molar-refractivity contribution in [2.24, 2.45) is 5.92 Å². The predicted molar refractivity (Wildman–Crippen MR) is 77.6 cm³/mol. The number of benzene rings is 1. The maximum atomic E-state index is 13.8. The summed E-state index contributed by atoms with van der Waals surface area (Å²) in [5.41, 5.74) is 0.781. The average Bonchev–Trinajstić information content (AvgIpc) is 2.94. The Morgan fingerprint density at radius 1 is 1.52 bits per heavy atom. The number of hydrogen-bond donors (Lipinski definition) is 1. The molecule has 1 heterocycles. The first-order valence-corrected chi connectivity index (χ1v) is 7.34.